The van der Waals surface area contributed by atoms with Crippen LogP contribution in [0.1, 0.15) is 37.4 Å². The first-order valence-electron chi connectivity index (χ1n) is 6.53. The lowest BCUT2D eigenvalue weighted by molar-refractivity contribution is -0.191. The monoisotopic (exact) mass is 295 g/mol. The van der Waals surface area contributed by atoms with E-state index in [0.29, 0.717) is 24.5 Å². The van der Waals surface area contributed by atoms with Crippen molar-refractivity contribution < 1.29 is 18.4 Å². The molecule has 0 bridgehead atoms. The van der Waals surface area contributed by atoms with Crippen molar-refractivity contribution in [3.63, 3.8) is 0 Å². The highest BCUT2D eigenvalue weighted by Crippen LogP contribution is 2.34. The molecule has 1 unspecified atom stereocenters. The zero-order valence-electron chi connectivity index (χ0n) is 11.7. The summed E-state index contributed by atoms with van der Waals surface area (Å²) < 4.78 is 26.6. The average molecular weight is 295 g/mol. The first kappa shape index (κ1) is 15.3. The molecular weight excluding hydrogens is 280 g/mol. The number of hydroxylamine groups is 2. The second kappa shape index (κ2) is 5.74. The van der Waals surface area contributed by atoms with Crippen LogP contribution in [0.25, 0.3) is 0 Å². The summed E-state index contributed by atoms with van der Waals surface area (Å²) in [6.07, 6.45) is 3.38. The molecular formula is C14H15F2N3O2. The number of carbonyl (C=O) groups is 1. The van der Waals surface area contributed by atoms with Gasteiger partial charge in [0.25, 0.3) is 11.8 Å². The SMILES string of the molecule is CC(C(=O)N1OCC[C@H]1c1cncc(C#N)c1)C(C)(F)F. The van der Waals surface area contributed by atoms with E-state index in [9.17, 15) is 13.6 Å². The molecule has 0 aromatic carbocycles. The van der Waals surface area contributed by atoms with Gasteiger partial charge >= 0.3 is 0 Å². The van der Waals surface area contributed by atoms with Crippen LogP contribution < -0.4 is 0 Å². The van der Waals surface area contributed by atoms with Crippen LogP contribution in [0.2, 0.25) is 0 Å². The zero-order chi connectivity index (χ0) is 15.6. The van der Waals surface area contributed by atoms with Gasteiger partial charge < -0.3 is 0 Å². The third kappa shape index (κ3) is 3.16. The molecule has 1 aromatic heterocycles. The molecule has 1 aromatic rings. The molecule has 0 radical (unpaired) electrons. The molecule has 112 valence electrons. The molecule has 5 nitrogen and oxygen atoms in total. The van der Waals surface area contributed by atoms with Crippen LogP contribution in [0.3, 0.4) is 0 Å². The molecule has 1 saturated heterocycles. The summed E-state index contributed by atoms with van der Waals surface area (Å²) in [4.78, 5) is 21.3. The fraction of sp³-hybridized carbons (Fsp3) is 0.500. The van der Waals surface area contributed by atoms with E-state index < -0.39 is 23.8 Å². The number of nitriles is 1. The Kier molecular flexibility index (Phi) is 4.19. The molecule has 2 rings (SSSR count). The van der Waals surface area contributed by atoms with Crippen molar-refractivity contribution in [2.75, 3.05) is 6.61 Å². The number of alkyl halides is 2. The highest BCUT2D eigenvalue weighted by atomic mass is 19.3. The van der Waals surface area contributed by atoms with Crippen LogP contribution >= 0.6 is 0 Å². The Morgan fingerprint density at radius 1 is 1.62 bits per heavy atom. The highest BCUT2D eigenvalue weighted by Gasteiger charge is 2.42. The Morgan fingerprint density at radius 2 is 2.33 bits per heavy atom. The molecule has 21 heavy (non-hydrogen) atoms. The lowest BCUT2D eigenvalue weighted by atomic mass is 10.0. The maximum absolute atomic E-state index is 13.3. The Bertz CT molecular complexity index is 580. The topological polar surface area (TPSA) is 66.2 Å². The van der Waals surface area contributed by atoms with Crippen molar-refractivity contribution in [2.45, 2.75) is 32.2 Å². The first-order chi connectivity index (χ1) is 9.84. The Balaban J connectivity index is 2.24. The summed E-state index contributed by atoms with van der Waals surface area (Å²) >= 11 is 0. The number of halogens is 2. The predicted molar refractivity (Wildman–Crippen MR) is 68.9 cm³/mol. The number of nitrogens with zero attached hydrogens (tertiary/aromatic N) is 3. The summed E-state index contributed by atoms with van der Waals surface area (Å²) in [7, 11) is 0. The second-order valence-electron chi connectivity index (χ2n) is 5.10. The number of hydrogen-bond donors (Lipinski definition) is 0. The van der Waals surface area contributed by atoms with Gasteiger partial charge in [-0.15, -0.1) is 0 Å². The van der Waals surface area contributed by atoms with E-state index in [1.165, 1.54) is 19.3 Å². The number of rotatable bonds is 3. The third-order valence-corrected chi connectivity index (χ3v) is 3.53. The fourth-order valence-corrected chi connectivity index (χ4v) is 2.10. The summed E-state index contributed by atoms with van der Waals surface area (Å²) in [5, 5.41) is 9.86. The summed E-state index contributed by atoms with van der Waals surface area (Å²) in [6, 6.07) is 3.04. The number of amides is 1. The maximum Gasteiger partial charge on any atom is 0.256 e. The standard InChI is InChI=1S/C14H15F2N3O2/c1-9(14(2,15)16)13(20)19-12(3-4-21-19)11-5-10(6-17)7-18-8-11/h5,7-9,12H,3-4H2,1-2H3/t9?,12-/m0/s1. The van der Waals surface area contributed by atoms with Crippen LogP contribution in [-0.2, 0) is 9.63 Å². The van der Waals surface area contributed by atoms with Crippen molar-refractivity contribution in [3.8, 4) is 6.07 Å². The van der Waals surface area contributed by atoms with E-state index in [1.54, 1.807) is 6.07 Å². The van der Waals surface area contributed by atoms with E-state index in [1.807, 2.05) is 6.07 Å². The summed E-state index contributed by atoms with van der Waals surface area (Å²) in [5.41, 5.74) is 0.951. The van der Waals surface area contributed by atoms with Crippen LogP contribution in [0.5, 0.6) is 0 Å². The van der Waals surface area contributed by atoms with Gasteiger partial charge in [-0.1, -0.05) is 0 Å². The van der Waals surface area contributed by atoms with Crippen molar-refractivity contribution in [1.82, 2.24) is 10.0 Å². The van der Waals surface area contributed by atoms with E-state index >= 15 is 0 Å². The Labute approximate surface area is 121 Å². The van der Waals surface area contributed by atoms with Gasteiger partial charge in [0, 0.05) is 25.7 Å². The van der Waals surface area contributed by atoms with Gasteiger partial charge in [0.1, 0.15) is 12.0 Å². The zero-order valence-corrected chi connectivity index (χ0v) is 11.7. The minimum Gasteiger partial charge on any atom is -0.272 e. The molecule has 1 aliphatic heterocycles. The van der Waals surface area contributed by atoms with Crippen LogP contribution in [-0.4, -0.2) is 28.5 Å². The molecule has 7 heteroatoms. The normalized spacial score (nSPS) is 20.1. The van der Waals surface area contributed by atoms with E-state index in [2.05, 4.69) is 4.98 Å². The molecule has 1 amide bonds. The quantitative estimate of drug-likeness (QED) is 0.859. The Hall–Kier alpha value is -2.07. The van der Waals surface area contributed by atoms with Crippen LogP contribution in [0.4, 0.5) is 8.78 Å². The number of hydrogen-bond acceptors (Lipinski definition) is 4. The van der Waals surface area contributed by atoms with Gasteiger partial charge in [-0.05, 0) is 18.6 Å². The number of carbonyl (C=O) groups excluding carboxylic acids is 1. The van der Waals surface area contributed by atoms with Crippen molar-refractivity contribution in [2.24, 2.45) is 5.92 Å². The average Bonchev–Trinajstić information content (AvgIpc) is 2.94. The number of aromatic nitrogens is 1. The highest BCUT2D eigenvalue weighted by molar-refractivity contribution is 5.79. The molecule has 1 aliphatic rings. The fourth-order valence-electron chi connectivity index (χ4n) is 2.10. The van der Waals surface area contributed by atoms with Crippen molar-refractivity contribution >= 4 is 5.91 Å². The summed E-state index contributed by atoms with van der Waals surface area (Å²) in [5.74, 6) is -5.38. The minimum atomic E-state index is -3.12. The van der Waals surface area contributed by atoms with Gasteiger partial charge in [-0.3, -0.25) is 14.6 Å². The van der Waals surface area contributed by atoms with Crippen molar-refractivity contribution in [1.29, 1.82) is 5.26 Å². The summed E-state index contributed by atoms with van der Waals surface area (Å²) in [6.45, 7) is 2.14. The molecule has 0 saturated carbocycles. The van der Waals surface area contributed by atoms with Crippen LogP contribution in [0.15, 0.2) is 18.5 Å². The minimum absolute atomic E-state index is 0.259. The largest absolute Gasteiger partial charge is 0.272 e. The van der Waals surface area contributed by atoms with Gasteiger partial charge in [-0.25, -0.2) is 13.8 Å². The Morgan fingerprint density at radius 3 is 2.95 bits per heavy atom. The molecule has 0 aliphatic carbocycles. The molecule has 2 atom stereocenters. The second-order valence-corrected chi connectivity index (χ2v) is 5.10. The van der Waals surface area contributed by atoms with E-state index in [4.69, 9.17) is 10.1 Å². The molecule has 1 fully saturated rings. The third-order valence-electron chi connectivity index (χ3n) is 3.53. The van der Waals surface area contributed by atoms with Gasteiger partial charge in [0.05, 0.1) is 18.2 Å². The lowest BCUT2D eigenvalue weighted by Gasteiger charge is -2.27. The predicted octanol–water partition coefficient (Wildman–Crippen LogP) is 2.45. The van der Waals surface area contributed by atoms with Crippen LogP contribution in [0, 0.1) is 17.2 Å². The van der Waals surface area contributed by atoms with E-state index in [0.717, 1.165) is 5.06 Å². The van der Waals surface area contributed by atoms with Gasteiger partial charge in [-0.2, -0.15) is 5.26 Å². The van der Waals surface area contributed by atoms with E-state index in [-0.39, 0.29) is 6.61 Å². The maximum atomic E-state index is 13.3. The molecule has 2 heterocycles. The smallest absolute Gasteiger partial charge is 0.256 e. The molecule has 0 spiro atoms. The number of pyridine rings is 1. The van der Waals surface area contributed by atoms with Gasteiger partial charge in [0.2, 0.25) is 0 Å². The van der Waals surface area contributed by atoms with Crippen molar-refractivity contribution in [3.05, 3.63) is 29.6 Å². The first-order valence-corrected chi connectivity index (χ1v) is 6.53. The van der Waals surface area contributed by atoms with Gasteiger partial charge in [0.15, 0.2) is 0 Å². The lowest BCUT2D eigenvalue weighted by Crippen LogP contribution is -2.40. The molecule has 0 N–H and O–H groups in total.